The molecular weight excluding hydrogens is 423 g/mol. The van der Waals surface area contributed by atoms with Gasteiger partial charge in [-0.25, -0.2) is 0 Å². The molecule has 0 fully saturated rings. The van der Waals surface area contributed by atoms with E-state index in [-0.39, 0.29) is 0 Å². The summed E-state index contributed by atoms with van der Waals surface area (Å²) in [7, 11) is 0. The Hall–Kier alpha value is -3.17. The van der Waals surface area contributed by atoms with Crippen molar-refractivity contribution in [3.8, 4) is 28.5 Å². The minimum absolute atomic E-state index is 0.550. The molecule has 0 spiro atoms. The molecule has 5 rings (SSSR count). The van der Waals surface area contributed by atoms with E-state index in [0.717, 1.165) is 43.4 Å². The average molecular weight is 440 g/mol. The molecule has 2 radical (unpaired) electrons. The summed E-state index contributed by atoms with van der Waals surface area (Å²) in [6.07, 6.45) is 3.63. The van der Waals surface area contributed by atoms with Crippen LogP contribution in [0.5, 0.6) is 6.01 Å². The van der Waals surface area contributed by atoms with Gasteiger partial charge in [0.2, 0.25) is 0 Å². The fraction of sp³-hybridized carbons (Fsp3) is 0.0870. The van der Waals surface area contributed by atoms with E-state index < -0.39 is 0 Å². The number of nitrogens with zero attached hydrogens (tertiary/aromatic N) is 4. The molecule has 6 heteroatoms. The molecule has 0 amide bonds. The molecule has 0 saturated carbocycles. The zero-order valence-corrected chi connectivity index (χ0v) is 17.7. The van der Waals surface area contributed by atoms with Crippen LogP contribution in [0.1, 0.15) is 6.92 Å². The van der Waals surface area contributed by atoms with Crippen molar-refractivity contribution in [1.29, 1.82) is 0 Å². The van der Waals surface area contributed by atoms with E-state index in [1.165, 1.54) is 0 Å². The summed E-state index contributed by atoms with van der Waals surface area (Å²) in [4.78, 5) is 14.1. The van der Waals surface area contributed by atoms with Crippen molar-refractivity contribution in [2.45, 2.75) is 6.92 Å². The van der Waals surface area contributed by atoms with Crippen molar-refractivity contribution in [1.82, 2.24) is 19.4 Å². The summed E-state index contributed by atoms with van der Waals surface area (Å²) < 4.78 is 8.53. The first-order chi connectivity index (χ1) is 14.2. The van der Waals surface area contributed by atoms with Crippen LogP contribution in [-0.4, -0.2) is 42.8 Å². The maximum absolute atomic E-state index is 5.74. The summed E-state index contributed by atoms with van der Waals surface area (Å²) in [5.74, 6) is 0. The summed E-state index contributed by atoms with van der Waals surface area (Å²) >= 11 is 2.51. The van der Waals surface area contributed by atoms with Gasteiger partial charge in [-0.3, -0.25) is 0 Å². The summed E-state index contributed by atoms with van der Waals surface area (Å²) in [6, 6.07) is 21.2. The molecule has 29 heavy (non-hydrogen) atoms. The van der Waals surface area contributed by atoms with Gasteiger partial charge in [0, 0.05) is 0 Å². The van der Waals surface area contributed by atoms with Gasteiger partial charge in [-0.15, -0.1) is 0 Å². The SMILES string of the molecule is CCOc1nc(-c2ccc3ccc(-c4ccccc4)nc3c2)c2c([As])nccn12. The van der Waals surface area contributed by atoms with Gasteiger partial charge in [-0.2, -0.15) is 0 Å². The van der Waals surface area contributed by atoms with Crippen LogP contribution in [0.2, 0.25) is 0 Å². The zero-order chi connectivity index (χ0) is 19.8. The Morgan fingerprint density at radius 3 is 2.62 bits per heavy atom. The van der Waals surface area contributed by atoms with Gasteiger partial charge in [-0.1, -0.05) is 0 Å². The van der Waals surface area contributed by atoms with Crippen LogP contribution in [0.15, 0.2) is 73.1 Å². The predicted octanol–water partition coefficient (Wildman–Crippen LogP) is 3.80. The molecule has 140 valence electrons. The van der Waals surface area contributed by atoms with E-state index in [9.17, 15) is 0 Å². The van der Waals surface area contributed by atoms with Crippen molar-refractivity contribution in [3.05, 3.63) is 73.1 Å². The number of hydrogen-bond acceptors (Lipinski definition) is 4. The molecule has 0 bridgehead atoms. The number of ether oxygens (including phenoxy) is 1. The van der Waals surface area contributed by atoms with Crippen molar-refractivity contribution >= 4 is 37.8 Å². The van der Waals surface area contributed by atoms with E-state index in [1.807, 2.05) is 35.7 Å². The average Bonchev–Trinajstić information content (AvgIpc) is 3.14. The molecule has 5 nitrogen and oxygen atoms in total. The van der Waals surface area contributed by atoms with Crippen molar-refractivity contribution < 1.29 is 4.74 Å². The van der Waals surface area contributed by atoms with Gasteiger partial charge >= 0.3 is 177 Å². The number of aromatic nitrogens is 4. The topological polar surface area (TPSA) is 52.3 Å². The second-order valence-corrected chi connectivity index (χ2v) is 7.50. The number of benzene rings is 2. The second-order valence-electron chi connectivity index (χ2n) is 6.62. The second kappa shape index (κ2) is 7.34. The predicted molar refractivity (Wildman–Crippen MR) is 116 cm³/mol. The monoisotopic (exact) mass is 440 g/mol. The van der Waals surface area contributed by atoms with E-state index in [4.69, 9.17) is 14.7 Å². The van der Waals surface area contributed by atoms with Gasteiger partial charge < -0.3 is 0 Å². The minimum atomic E-state index is 0.550. The number of hydrogen-bond donors (Lipinski definition) is 0. The number of fused-ring (bicyclic) bond motifs is 2. The quantitative estimate of drug-likeness (QED) is 0.399. The molecule has 3 heterocycles. The normalized spacial score (nSPS) is 11.2. The van der Waals surface area contributed by atoms with Crippen LogP contribution in [0.4, 0.5) is 0 Å². The number of imidazole rings is 1. The van der Waals surface area contributed by atoms with Crippen LogP contribution in [0, 0.1) is 0 Å². The Labute approximate surface area is 176 Å². The molecular formula is C23H17AsN4O. The maximum atomic E-state index is 5.74. The summed E-state index contributed by atoms with van der Waals surface area (Å²) in [5.41, 5.74) is 5.73. The Kier molecular flexibility index (Phi) is 4.53. The molecule has 0 aliphatic rings. The Morgan fingerprint density at radius 1 is 0.966 bits per heavy atom. The Morgan fingerprint density at radius 2 is 1.79 bits per heavy atom. The van der Waals surface area contributed by atoms with E-state index in [0.29, 0.717) is 12.6 Å². The molecule has 0 N–H and O–H groups in total. The molecule has 3 aromatic heterocycles. The van der Waals surface area contributed by atoms with Gasteiger partial charge in [0.15, 0.2) is 0 Å². The molecule has 0 aliphatic carbocycles. The van der Waals surface area contributed by atoms with Crippen molar-refractivity contribution in [3.63, 3.8) is 0 Å². The van der Waals surface area contributed by atoms with E-state index >= 15 is 0 Å². The first-order valence-corrected chi connectivity index (χ1v) is 10.3. The van der Waals surface area contributed by atoms with E-state index in [1.54, 1.807) is 6.20 Å². The van der Waals surface area contributed by atoms with Crippen molar-refractivity contribution in [2.24, 2.45) is 0 Å². The van der Waals surface area contributed by atoms with Crippen LogP contribution in [-0.2, 0) is 0 Å². The van der Waals surface area contributed by atoms with Crippen LogP contribution in [0.3, 0.4) is 0 Å². The van der Waals surface area contributed by atoms with Crippen LogP contribution in [0.25, 0.3) is 38.9 Å². The molecule has 0 atom stereocenters. The van der Waals surface area contributed by atoms with Crippen molar-refractivity contribution in [2.75, 3.05) is 6.61 Å². The molecule has 2 aromatic carbocycles. The third-order valence-corrected chi connectivity index (χ3v) is 5.50. The molecule has 0 unspecified atom stereocenters. The van der Waals surface area contributed by atoms with Gasteiger partial charge in [0.1, 0.15) is 0 Å². The third kappa shape index (κ3) is 3.18. The number of rotatable bonds is 4. The van der Waals surface area contributed by atoms with Crippen LogP contribution < -0.4 is 9.22 Å². The van der Waals surface area contributed by atoms with Gasteiger partial charge in [-0.05, 0) is 0 Å². The van der Waals surface area contributed by atoms with Gasteiger partial charge in [0.05, 0.1) is 0 Å². The standard InChI is InChI=1S/C23H17AsN4O/c1-2-29-23-27-20(21-22(24)25-12-13-28(21)23)17-9-8-16-10-11-18(26-19(16)14-17)15-6-4-3-5-7-15/h3-14H,2H2,1H3. The fourth-order valence-electron chi connectivity index (χ4n) is 3.46. The van der Waals surface area contributed by atoms with Gasteiger partial charge in [0.25, 0.3) is 0 Å². The molecule has 5 aromatic rings. The molecule has 0 aliphatic heterocycles. The zero-order valence-electron chi connectivity index (χ0n) is 15.8. The first kappa shape index (κ1) is 17.9. The Balaban J connectivity index is 1.69. The Bertz CT molecular complexity index is 1330. The fourth-order valence-corrected chi connectivity index (χ4v) is 4.05. The van der Waals surface area contributed by atoms with E-state index in [2.05, 4.69) is 64.3 Å². The summed E-state index contributed by atoms with van der Waals surface area (Å²) in [6.45, 7) is 2.50. The third-order valence-electron chi connectivity index (χ3n) is 4.81. The van der Waals surface area contributed by atoms with Crippen LogP contribution >= 0.6 is 0 Å². The molecule has 0 saturated heterocycles. The number of pyridine rings is 1. The first-order valence-electron chi connectivity index (χ1n) is 9.40. The summed E-state index contributed by atoms with van der Waals surface area (Å²) in [5, 5.41) is 1.09.